The largest absolute Gasteiger partial charge is 0.375 e. The van der Waals surface area contributed by atoms with Crippen molar-refractivity contribution in [3.05, 3.63) is 58.6 Å². The van der Waals surface area contributed by atoms with Gasteiger partial charge >= 0.3 is 0 Å². The van der Waals surface area contributed by atoms with Crippen LogP contribution in [0.15, 0.2) is 42.5 Å². The normalized spacial score (nSPS) is 15.4. The fourth-order valence-corrected chi connectivity index (χ4v) is 3.53. The summed E-state index contributed by atoms with van der Waals surface area (Å²) in [5, 5.41) is 5.90. The first-order valence-electron chi connectivity index (χ1n) is 8.53. The number of anilines is 2. The SMILES string of the molecule is COCC(=O)Nc1ccc(NC(=O)CC2CCc3ccccc32)cc1Cl. The van der Waals surface area contributed by atoms with E-state index in [0.29, 0.717) is 22.8 Å². The third-order valence-electron chi connectivity index (χ3n) is 4.49. The number of ether oxygens (including phenoxy) is 1. The molecular formula is C20H21ClN2O3. The van der Waals surface area contributed by atoms with Gasteiger partial charge in [0.25, 0.3) is 0 Å². The smallest absolute Gasteiger partial charge is 0.250 e. The molecule has 26 heavy (non-hydrogen) atoms. The second kappa shape index (κ2) is 8.34. The van der Waals surface area contributed by atoms with E-state index in [4.69, 9.17) is 16.3 Å². The molecule has 0 saturated carbocycles. The maximum Gasteiger partial charge on any atom is 0.250 e. The van der Waals surface area contributed by atoms with Crippen molar-refractivity contribution < 1.29 is 14.3 Å². The number of rotatable bonds is 6. The van der Waals surface area contributed by atoms with Gasteiger partial charge in [0.2, 0.25) is 11.8 Å². The standard InChI is InChI=1S/C20H21ClN2O3/c1-26-12-20(25)23-18-9-8-15(11-17(18)21)22-19(24)10-14-7-6-13-4-2-3-5-16(13)14/h2-5,8-9,11,14H,6-7,10,12H2,1H3,(H,22,24)(H,23,25). The predicted octanol–water partition coefficient (Wildman–Crippen LogP) is 3.98. The quantitative estimate of drug-likeness (QED) is 0.805. The molecule has 6 heteroatoms. The van der Waals surface area contributed by atoms with E-state index in [2.05, 4.69) is 22.8 Å². The van der Waals surface area contributed by atoms with Crippen molar-refractivity contribution in [3.8, 4) is 0 Å². The van der Waals surface area contributed by atoms with Crippen LogP contribution in [-0.4, -0.2) is 25.5 Å². The van der Waals surface area contributed by atoms with Crippen molar-refractivity contribution in [2.45, 2.75) is 25.2 Å². The second-order valence-electron chi connectivity index (χ2n) is 6.36. The number of aryl methyl sites for hydroxylation is 1. The van der Waals surface area contributed by atoms with Gasteiger partial charge in [0.1, 0.15) is 6.61 Å². The van der Waals surface area contributed by atoms with Crippen molar-refractivity contribution in [1.29, 1.82) is 0 Å². The summed E-state index contributed by atoms with van der Waals surface area (Å²) < 4.78 is 4.77. The summed E-state index contributed by atoms with van der Waals surface area (Å²) in [4.78, 5) is 24.0. The number of fused-ring (bicyclic) bond motifs is 1. The molecule has 0 bridgehead atoms. The van der Waals surface area contributed by atoms with Crippen LogP contribution in [0.25, 0.3) is 0 Å². The number of nitrogens with one attached hydrogen (secondary N) is 2. The first-order chi connectivity index (χ1) is 12.6. The Kier molecular flexibility index (Phi) is 5.91. The zero-order valence-electron chi connectivity index (χ0n) is 14.5. The molecule has 3 rings (SSSR count). The van der Waals surface area contributed by atoms with Crippen molar-refractivity contribution in [2.24, 2.45) is 0 Å². The zero-order chi connectivity index (χ0) is 18.5. The summed E-state index contributed by atoms with van der Waals surface area (Å²) in [6.07, 6.45) is 2.47. The first-order valence-corrected chi connectivity index (χ1v) is 8.90. The van der Waals surface area contributed by atoms with Gasteiger partial charge in [0, 0.05) is 19.2 Å². The van der Waals surface area contributed by atoms with Crippen LogP contribution in [0.1, 0.15) is 29.9 Å². The Hall–Kier alpha value is -2.37. The van der Waals surface area contributed by atoms with E-state index in [-0.39, 0.29) is 24.3 Å². The highest BCUT2D eigenvalue weighted by Gasteiger charge is 2.24. The Morgan fingerprint density at radius 3 is 2.73 bits per heavy atom. The lowest BCUT2D eigenvalue weighted by molar-refractivity contribution is -0.119. The topological polar surface area (TPSA) is 67.4 Å². The maximum atomic E-state index is 12.4. The Balaban J connectivity index is 1.60. The van der Waals surface area contributed by atoms with E-state index in [1.54, 1.807) is 18.2 Å². The molecule has 136 valence electrons. The molecule has 0 fully saturated rings. The fraction of sp³-hybridized carbons (Fsp3) is 0.300. The van der Waals surface area contributed by atoms with Crippen LogP contribution in [0.4, 0.5) is 11.4 Å². The van der Waals surface area contributed by atoms with Crippen LogP contribution in [0, 0.1) is 0 Å². The summed E-state index contributed by atoms with van der Waals surface area (Å²) >= 11 is 6.19. The highest BCUT2D eigenvalue weighted by molar-refractivity contribution is 6.34. The van der Waals surface area contributed by atoms with Gasteiger partial charge in [-0.15, -0.1) is 0 Å². The molecule has 1 atom stereocenters. The van der Waals surface area contributed by atoms with Crippen LogP contribution < -0.4 is 10.6 Å². The highest BCUT2D eigenvalue weighted by Crippen LogP contribution is 2.35. The van der Waals surface area contributed by atoms with Gasteiger partial charge in [0.15, 0.2) is 0 Å². The van der Waals surface area contributed by atoms with E-state index >= 15 is 0 Å². The molecular weight excluding hydrogens is 352 g/mol. The third kappa shape index (κ3) is 4.42. The van der Waals surface area contributed by atoms with E-state index in [1.165, 1.54) is 18.2 Å². The molecule has 2 aromatic rings. The van der Waals surface area contributed by atoms with Gasteiger partial charge in [-0.1, -0.05) is 35.9 Å². The van der Waals surface area contributed by atoms with Gasteiger partial charge in [-0.05, 0) is 48.1 Å². The number of carbonyl (C=O) groups excluding carboxylic acids is 2. The van der Waals surface area contributed by atoms with E-state index in [9.17, 15) is 9.59 Å². The molecule has 0 radical (unpaired) electrons. The molecule has 0 aromatic heterocycles. The van der Waals surface area contributed by atoms with Gasteiger partial charge < -0.3 is 15.4 Å². The molecule has 1 aliphatic rings. The molecule has 5 nitrogen and oxygen atoms in total. The maximum absolute atomic E-state index is 12.4. The molecule has 1 aliphatic carbocycles. The second-order valence-corrected chi connectivity index (χ2v) is 6.77. The summed E-state index contributed by atoms with van der Waals surface area (Å²) in [5.74, 6) is -0.0701. The van der Waals surface area contributed by atoms with Gasteiger partial charge in [-0.2, -0.15) is 0 Å². The number of hydrogen-bond donors (Lipinski definition) is 2. The van der Waals surface area contributed by atoms with Crippen molar-refractivity contribution in [2.75, 3.05) is 24.4 Å². The lowest BCUT2D eigenvalue weighted by atomic mass is 9.97. The highest BCUT2D eigenvalue weighted by atomic mass is 35.5. The van der Waals surface area contributed by atoms with Gasteiger partial charge in [-0.25, -0.2) is 0 Å². The lowest BCUT2D eigenvalue weighted by Crippen LogP contribution is -2.17. The summed E-state index contributed by atoms with van der Waals surface area (Å²) in [7, 11) is 1.45. The van der Waals surface area contributed by atoms with Gasteiger partial charge in [-0.3, -0.25) is 9.59 Å². The predicted molar refractivity (Wildman–Crippen MR) is 103 cm³/mol. The zero-order valence-corrected chi connectivity index (χ0v) is 15.3. The average Bonchev–Trinajstić information content (AvgIpc) is 3.01. The van der Waals surface area contributed by atoms with E-state index < -0.39 is 0 Å². The molecule has 0 spiro atoms. The number of hydrogen-bond acceptors (Lipinski definition) is 3. The Morgan fingerprint density at radius 1 is 1.15 bits per heavy atom. The molecule has 2 aromatic carbocycles. The van der Waals surface area contributed by atoms with E-state index in [1.807, 2.05) is 12.1 Å². The number of benzene rings is 2. The molecule has 1 unspecified atom stereocenters. The molecule has 0 heterocycles. The summed E-state index contributed by atoms with van der Waals surface area (Å²) in [6, 6.07) is 13.3. The minimum absolute atomic E-state index is 0.0426. The summed E-state index contributed by atoms with van der Waals surface area (Å²) in [6.45, 7) is -0.0440. The fourth-order valence-electron chi connectivity index (χ4n) is 3.30. The Bertz CT molecular complexity index is 822. The molecule has 2 amide bonds. The molecule has 2 N–H and O–H groups in total. The third-order valence-corrected chi connectivity index (χ3v) is 4.80. The van der Waals surface area contributed by atoms with Crippen molar-refractivity contribution in [1.82, 2.24) is 0 Å². The van der Waals surface area contributed by atoms with E-state index in [0.717, 1.165) is 12.8 Å². The number of halogens is 1. The van der Waals surface area contributed by atoms with Crippen molar-refractivity contribution in [3.63, 3.8) is 0 Å². The van der Waals surface area contributed by atoms with Crippen LogP contribution in [0.2, 0.25) is 5.02 Å². The minimum Gasteiger partial charge on any atom is -0.375 e. The van der Waals surface area contributed by atoms with Crippen LogP contribution in [-0.2, 0) is 20.7 Å². The van der Waals surface area contributed by atoms with Crippen LogP contribution >= 0.6 is 11.6 Å². The first kappa shape index (κ1) is 18.4. The minimum atomic E-state index is -0.286. The lowest BCUT2D eigenvalue weighted by Gasteiger charge is -2.13. The van der Waals surface area contributed by atoms with Crippen LogP contribution in [0.5, 0.6) is 0 Å². The average molecular weight is 373 g/mol. The number of methoxy groups -OCH3 is 1. The number of carbonyl (C=O) groups is 2. The Labute approximate surface area is 157 Å². The Morgan fingerprint density at radius 2 is 1.96 bits per heavy atom. The molecule has 0 saturated heterocycles. The molecule has 0 aliphatic heterocycles. The monoisotopic (exact) mass is 372 g/mol. The van der Waals surface area contributed by atoms with Gasteiger partial charge in [0.05, 0.1) is 10.7 Å². The number of amides is 2. The van der Waals surface area contributed by atoms with Crippen LogP contribution in [0.3, 0.4) is 0 Å². The van der Waals surface area contributed by atoms with Crippen molar-refractivity contribution >= 4 is 34.8 Å². The summed E-state index contributed by atoms with van der Waals surface area (Å²) in [5.41, 5.74) is 3.70.